The Morgan fingerprint density at radius 3 is 2.85 bits per heavy atom. The molecular formula is C11H14FN. The molecule has 0 aromatic heterocycles. The molecule has 2 heteroatoms. The Hall–Kier alpha value is -0.890. The van der Waals surface area contributed by atoms with Crippen molar-refractivity contribution in [2.24, 2.45) is 11.7 Å². The molecule has 13 heavy (non-hydrogen) atoms. The molecule has 1 aliphatic rings. The number of nitrogens with two attached hydrogens (primary N) is 1. The van der Waals surface area contributed by atoms with Gasteiger partial charge in [-0.15, -0.1) is 0 Å². The second-order valence-electron chi connectivity index (χ2n) is 3.81. The summed E-state index contributed by atoms with van der Waals surface area (Å²) in [6, 6.07) is 5.26. The Morgan fingerprint density at radius 2 is 2.31 bits per heavy atom. The lowest BCUT2D eigenvalue weighted by molar-refractivity contribution is 0.604. The van der Waals surface area contributed by atoms with Gasteiger partial charge in [0.25, 0.3) is 0 Å². The first-order valence-electron chi connectivity index (χ1n) is 4.69. The SMILES string of the molecule is Cc1cccc(F)c1[C@@H]1C[C@H]1CN. The lowest BCUT2D eigenvalue weighted by Gasteiger charge is -2.05. The Labute approximate surface area is 77.8 Å². The summed E-state index contributed by atoms with van der Waals surface area (Å²) in [7, 11) is 0. The molecular weight excluding hydrogens is 165 g/mol. The van der Waals surface area contributed by atoms with Gasteiger partial charge in [0.05, 0.1) is 0 Å². The fraction of sp³-hybridized carbons (Fsp3) is 0.455. The topological polar surface area (TPSA) is 26.0 Å². The molecule has 2 rings (SSSR count). The molecule has 2 atom stereocenters. The van der Waals surface area contributed by atoms with E-state index in [0.29, 0.717) is 18.4 Å². The van der Waals surface area contributed by atoms with E-state index in [4.69, 9.17) is 5.73 Å². The van der Waals surface area contributed by atoms with Crippen molar-refractivity contribution in [3.05, 3.63) is 35.1 Å². The van der Waals surface area contributed by atoms with Crippen LogP contribution in [0.25, 0.3) is 0 Å². The lowest BCUT2D eigenvalue weighted by atomic mass is 10.0. The molecule has 1 aromatic carbocycles. The van der Waals surface area contributed by atoms with Gasteiger partial charge in [-0.3, -0.25) is 0 Å². The van der Waals surface area contributed by atoms with Gasteiger partial charge < -0.3 is 5.73 Å². The van der Waals surface area contributed by atoms with E-state index in [9.17, 15) is 4.39 Å². The van der Waals surface area contributed by atoms with Gasteiger partial charge in [-0.1, -0.05) is 12.1 Å². The molecule has 70 valence electrons. The van der Waals surface area contributed by atoms with E-state index >= 15 is 0 Å². The maximum absolute atomic E-state index is 13.4. The number of aryl methyl sites for hydroxylation is 1. The molecule has 1 fully saturated rings. The van der Waals surface area contributed by atoms with Crippen LogP contribution in [0.3, 0.4) is 0 Å². The maximum atomic E-state index is 13.4. The van der Waals surface area contributed by atoms with Gasteiger partial charge in [-0.25, -0.2) is 4.39 Å². The van der Waals surface area contributed by atoms with Gasteiger partial charge in [0.2, 0.25) is 0 Å². The van der Waals surface area contributed by atoms with Crippen molar-refractivity contribution in [3.8, 4) is 0 Å². The average Bonchev–Trinajstić information content (AvgIpc) is 2.83. The molecule has 0 heterocycles. The second-order valence-corrected chi connectivity index (χ2v) is 3.81. The summed E-state index contributed by atoms with van der Waals surface area (Å²) in [6.07, 6.45) is 1.05. The van der Waals surface area contributed by atoms with Crippen LogP contribution in [0.5, 0.6) is 0 Å². The van der Waals surface area contributed by atoms with E-state index in [1.165, 1.54) is 6.07 Å². The summed E-state index contributed by atoms with van der Waals surface area (Å²) >= 11 is 0. The standard InChI is InChI=1S/C11H14FN/c1-7-3-2-4-10(12)11(7)9-5-8(9)6-13/h2-4,8-9H,5-6,13H2,1H3/t8-,9+/m0/s1. The van der Waals surface area contributed by atoms with Crippen molar-refractivity contribution in [2.45, 2.75) is 19.3 Å². The van der Waals surface area contributed by atoms with E-state index in [0.717, 1.165) is 17.5 Å². The van der Waals surface area contributed by atoms with Crippen LogP contribution in [0, 0.1) is 18.7 Å². The summed E-state index contributed by atoms with van der Waals surface area (Å²) < 4.78 is 13.4. The van der Waals surface area contributed by atoms with Gasteiger partial charge in [0.1, 0.15) is 5.82 Å². The van der Waals surface area contributed by atoms with Gasteiger partial charge in [-0.05, 0) is 48.9 Å². The zero-order chi connectivity index (χ0) is 9.42. The molecule has 0 radical (unpaired) electrons. The van der Waals surface area contributed by atoms with Crippen molar-refractivity contribution >= 4 is 0 Å². The Kier molecular flexibility index (Phi) is 2.08. The van der Waals surface area contributed by atoms with Crippen LogP contribution in [0.1, 0.15) is 23.5 Å². The zero-order valence-electron chi connectivity index (χ0n) is 7.76. The van der Waals surface area contributed by atoms with Crippen molar-refractivity contribution in [3.63, 3.8) is 0 Å². The minimum absolute atomic E-state index is 0.0686. The van der Waals surface area contributed by atoms with E-state index in [-0.39, 0.29) is 5.82 Å². The molecule has 1 aromatic rings. The molecule has 0 bridgehead atoms. The Balaban J connectivity index is 2.30. The molecule has 1 aliphatic carbocycles. The molecule has 0 unspecified atom stereocenters. The Morgan fingerprint density at radius 1 is 1.54 bits per heavy atom. The maximum Gasteiger partial charge on any atom is 0.126 e. The number of halogens is 1. The fourth-order valence-corrected chi connectivity index (χ4v) is 1.98. The fourth-order valence-electron chi connectivity index (χ4n) is 1.98. The van der Waals surface area contributed by atoms with Gasteiger partial charge in [0, 0.05) is 0 Å². The number of benzene rings is 1. The van der Waals surface area contributed by atoms with Crippen LogP contribution in [-0.4, -0.2) is 6.54 Å². The summed E-state index contributed by atoms with van der Waals surface area (Å²) in [4.78, 5) is 0. The highest BCUT2D eigenvalue weighted by Gasteiger charge is 2.39. The highest BCUT2D eigenvalue weighted by Crippen LogP contribution is 2.48. The van der Waals surface area contributed by atoms with Gasteiger partial charge >= 0.3 is 0 Å². The highest BCUT2D eigenvalue weighted by molar-refractivity contribution is 5.34. The van der Waals surface area contributed by atoms with E-state index in [1.54, 1.807) is 6.07 Å². The molecule has 1 nitrogen and oxygen atoms in total. The predicted molar refractivity (Wildman–Crippen MR) is 51.0 cm³/mol. The molecule has 0 saturated heterocycles. The van der Waals surface area contributed by atoms with Crippen LogP contribution in [-0.2, 0) is 0 Å². The number of hydrogen-bond donors (Lipinski definition) is 1. The van der Waals surface area contributed by atoms with Crippen molar-refractivity contribution in [1.82, 2.24) is 0 Å². The molecule has 0 amide bonds. The zero-order valence-corrected chi connectivity index (χ0v) is 7.76. The third-order valence-corrected chi connectivity index (χ3v) is 2.87. The van der Waals surface area contributed by atoms with E-state index in [1.807, 2.05) is 13.0 Å². The molecule has 0 spiro atoms. The lowest BCUT2D eigenvalue weighted by Crippen LogP contribution is -2.03. The van der Waals surface area contributed by atoms with Gasteiger partial charge in [-0.2, -0.15) is 0 Å². The number of hydrogen-bond acceptors (Lipinski definition) is 1. The smallest absolute Gasteiger partial charge is 0.126 e. The summed E-state index contributed by atoms with van der Waals surface area (Å²) in [5, 5.41) is 0. The van der Waals surface area contributed by atoms with Crippen LogP contribution in [0.2, 0.25) is 0 Å². The minimum atomic E-state index is -0.0686. The molecule has 2 N–H and O–H groups in total. The first kappa shape index (κ1) is 8.70. The first-order chi connectivity index (χ1) is 6.24. The third kappa shape index (κ3) is 1.46. The molecule has 0 aliphatic heterocycles. The van der Waals surface area contributed by atoms with Gasteiger partial charge in [0.15, 0.2) is 0 Å². The Bertz CT molecular complexity index is 302. The van der Waals surface area contributed by atoms with Crippen LogP contribution < -0.4 is 5.73 Å². The summed E-state index contributed by atoms with van der Waals surface area (Å²) in [5.41, 5.74) is 7.48. The van der Waals surface area contributed by atoms with Crippen molar-refractivity contribution in [2.75, 3.05) is 6.54 Å². The van der Waals surface area contributed by atoms with Crippen LogP contribution in [0.4, 0.5) is 4.39 Å². The van der Waals surface area contributed by atoms with E-state index in [2.05, 4.69) is 0 Å². The average molecular weight is 179 g/mol. The third-order valence-electron chi connectivity index (χ3n) is 2.87. The van der Waals surface area contributed by atoms with E-state index < -0.39 is 0 Å². The summed E-state index contributed by atoms with van der Waals surface area (Å²) in [5.74, 6) is 0.822. The van der Waals surface area contributed by atoms with Crippen LogP contribution in [0.15, 0.2) is 18.2 Å². The van der Waals surface area contributed by atoms with Crippen LogP contribution >= 0.6 is 0 Å². The normalized spacial score (nSPS) is 26.1. The monoisotopic (exact) mass is 179 g/mol. The summed E-state index contributed by atoms with van der Waals surface area (Å²) in [6.45, 7) is 2.64. The molecule has 1 saturated carbocycles. The van der Waals surface area contributed by atoms with Crippen molar-refractivity contribution in [1.29, 1.82) is 0 Å². The first-order valence-corrected chi connectivity index (χ1v) is 4.69. The largest absolute Gasteiger partial charge is 0.330 e. The number of rotatable bonds is 2. The predicted octanol–water partition coefficient (Wildman–Crippen LogP) is 2.20. The minimum Gasteiger partial charge on any atom is -0.330 e. The van der Waals surface area contributed by atoms with Crippen molar-refractivity contribution < 1.29 is 4.39 Å². The highest BCUT2D eigenvalue weighted by atomic mass is 19.1. The quantitative estimate of drug-likeness (QED) is 0.740. The second kappa shape index (κ2) is 3.11.